The molecular formula is C21H21N2O5S-. The fourth-order valence-corrected chi connectivity index (χ4v) is 3.76. The molecule has 1 fully saturated rings. The zero-order chi connectivity index (χ0) is 21.0. The van der Waals surface area contributed by atoms with Crippen LogP contribution >= 0.6 is 12.2 Å². The Balaban J connectivity index is 1.83. The first-order valence-electron chi connectivity index (χ1n) is 9.06. The van der Waals surface area contributed by atoms with Crippen molar-refractivity contribution in [3.8, 4) is 11.5 Å². The average Bonchev–Trinajstić information content (AvgIpc) is 2.95. The number of para-hydroxylation sites is 1. The number of nitrogens with zero attached hydrogens (tertiary/aromatic N) is 2. The van der Waals surface area contributed by atoms with Crippen LogP contribution in [-0.4, -0.2) is 48.7 Å². The van der Waals surface area contributed by atoms with Crippen LogP contribution in [0.2, 0.25) is 0 Å². The SMILES string of the molecule is COc1ccc(CCN2C(=S)N(c3ccccc3)C(=O)[C@H]2CC(=O)[O-])cc1OC. The maximum atomic E-state index is 12.9. The number of thiocarbonyl (C=S) groups is 1. The molecule has 0 N–H and O–H groups in total. The summed E-state index contributed by atoms with van der Waals surface area (Å²) in [6.45, 7) is 0.376. The van der Waals surface area contributed by atoms with Gasteiger partial charge in [0.05, 0.1) is 19.9 Å². The molecule has 0 unspecified atom stereocenters. The van der Waals surface area contributed by atoms with E-state index in [1.165, 1.54) is 4.90 Å². The molecule has 1 saturated heterocycles. The van der Waals surface area contributed by atoms with E-state index in [1.54, 1.807) is 49.5 Å². The Hall–Kier alpha value is -3.13. The van der Waals surface area contributed by atoms with Crippen LogP contribution < -0.4 is 19.5 Å². The molecule has 0 saturated carbocycles. The maximum Gasteiger partial charge on any atom is 0.256 e. The van der Waals surface area contributed by atoms with Gasteiger partial charge < -0.3 is 24.3 Å². The molecule has 0 bridgehead atoms. The summed E-state index contributed by atoms with van der Waals surface area (Å²) in [5.74, 6) is -0.439. The molecule has 3 rings (SSSR count). The quantitative estimate of drug-likeness (QED) is 0.605. The van der Waals surface area contributed by atoms with Gasteiger partial charge in [-0.25, -0.2) is 0 Å². The van der Waals surface area contributed by atoms with E-state index in [0.29, 0.717) is 30.2 Å². The average molecular weight is 413 g/mol. The number of methoxy groups -OCH3 is 2. The Morgan fingerprint density at radius 3 is 2.41 bits per heavy atom. The zero-order valence-electron chi connectivity index (χ0n) is 16.2. The molecule has 8 heteroatoms. The second-order valence-electron chi connectivity index (χ2n) is 6.52. The molecule has 1 aliphatic heterocycles. The molecular weight excluding hydrogens is 392 g/mol. The highest BCUT2D eigenvalue weighted by atomic mass is 32.1. The van der Waals surface area contributed by atoms with Gasteiger partial charge in [-0.2, -0.15) is 0 Å². The molecule has 1 aliphatic rings. The summed E-state index contributed by atoms with van der Waals surface area (Å²) in [6.07, 6.45) is 0.119. The number of carbonyl (C=O) groups is 2. The predicted molar refractivity (Wildman–Crippen MR) is 110 cm³/mol. The fraction of sp³-hybridized carbons (Fsp3) is 0.286. The van der Waals surface area contributed by atoms with Crippen LogP contribution in [0.1, 0.15) is 12.0 Å². The van der Waals surface area contributed by atoms with E-state index in [4.69, 9.17) is 21.7 Å². The fourth-order valence-electron chi connectivity index (χ4n) is 3.35. The lowest BCUT2D eigenvalue weighted by Gasteiger charge is -2.24. The van der Waals surface area contributed by atoms with E-state index in [0.717, 1.165) is 5.56 Å². The summed E-state index contributed by atoms with van der Waals surface area (Å²) < 4.78 is 10.6. The van der Waals surface area contributed by atoms with Crippen molar-refractivity contribution < 1.29 is 24.2 Å². The zero-order valence-corrected chi connectivity index (χ0v) is 17.0. The summed E-state index contributed by atoms with van der Waals surface area (Å²) in [5.41, 5.74) is 1.56. The lowest BCUT2D eigenvalue weighted by Crippen LogP contribution is -2.41. The van der Waals surface area contributed by atoms with E-state index in [1.807, 2.05) is 18.2 Å². The van der Waals surface area contributed by atoms with Crippen LogP contribution in [0.4, 0.5) is 5.69 Å². The second kappa shape index (κ2) is 8.91. The van der Waals surface area contributed by atoms with Crippen molar-refractivity contribution in [1.82, 2.24) is 4.90 Å². The molecule has 1 atom stereocenters. The number of aliphatic carboxylic acids is 1. The van der Waals surface area contributed by atoms with Crippen molar-refractivity contribution in [3.05, 3.63) is 54.1 Å². The highest BCUT2D eigenvalue weighted by molar-refractivity contribution is 7.80. The van der Waals surface area contributed by atoms with Crippen LogP contribution in [0.3, 0.4) is 0 Å². The third-order valence-corrected chi connectivity index (χ3v) is 5.20. The van der Waals surface area contributed by atoms with E-state index in [-0.39, 0.29) is 11.0 Å². The van der Waals surface area contributed by atoms with Crippen LogP contribution in [-0.2, 0) is 16.0 Å². The van der Waals surface area contributed by atoms with Gasteiger partial charge in [0.15, 0.2) is 16.6 Å². The van der Waals surface area contributed by atoms with E-state index in [2.05, 4.69) is 0 Å². The third-order valence-electron chi connectivity index (χ3n) is 4.78. The van der Waals surface area contributed by atoms with Gasteiger partial charge in [-0.05, 0) is 48.5 Å². The van der Waals surface area contributed by atoms with Crippen molar-refractivity contribution in [1.29, 1.82) is 0 Å². The van der Waals surface area contributed by atoms with Gasteiger partial charge in [0.2, 0.25) is 0 Å². The summed E-state index contributed by atoms with van der Waals surface area (Å²) in [7, 11) is 3.12. The molecule has 1 amide bonds. The first kappa shape index (κ1) is 20.6. The van der Waals surface area contributed by atoms with Crippen molar-refractivity contribution >= 4 is 34.9 Å². The standard InChI is InChI=1S/C21H22N2O5S/c1-27-17-9-8-14(12-18(17)28-2)10-11-22-16(13-19(24)25)20(26)23(21(22)29)15-6-4-3-5-7-15/h3-9,12,16H,10-11,13H2,1-2H3,(H,24,25)/p-1/t16-/m1/s1. The first-order valence-corrected chi connectivity index (χ1v) is 9.47. The van der Waals surface area contributed by atoms with Crippen molar-refractivity contribution in [3.63, 3.8) is 0 Å². The number of hydrogen-bond acceptors (Lipinski definition) is 6. The van der Waals surface area contributed by atoms with Gasteiger partial charge in [0.25, 0.3) is 5.91 Å². The Labute approximate surface area is 174 Å². The number of carboxylic acids is 1. The van der Waals surface area contributed by atoms with Crippen molar-refractivity contribution in [2.45, 2.75) is 18.9 Å². The van der Waals surface area contributed by atoms with Gasteiger partial charge in [-0.1, -0.05) is 24.3 Å². The molecule has 152 valence electrons. The van der Waals surface area contributed by atoms with Crippen LogP contribution in [0.25, 0.3) is 0 Å². The Kier molecular flexibility index (Phi) is 6.33. The number of ether oxygens (including phenoxy) is 2. The van der Waals surface area contributed by atoms with Crippen LogP contribution in [0.5, 0.6) is 11.5 Å². The first-order chi connectivity index (χ1) is 14.0. The molecule has 7 nitrogen and oxygen atoms in total. The molecule has 0 spiro atoms. The number of hydrogen-bond donors (Lipinski definition) is 0. The van der Waals surface area contributed by atoms with Gasteiger partial charge in [-0.15, -0.1) is 0 Å². The van der Waals surface area contributed by atoms with E-state index < -0.39 is 18.4 Å². The molecule has 0 aliphatic carbocycles. The van der Waals surface area contributed by atoms with Gasteiger partial charge in [-0.3, -0.25) is 9.69 Å². The predicted octanol–water partition coefficient (Wildman–Crippen LogP) is 1.39. The monoisotopic (exact) mass is 413 g/mol. The molecule has 0 aromatic heterocycles. The molecule has 0 radical (unpaired) electrons. The number of amides is 1. The van der Waals surface area contributed by atoms with Crippen molar-refractivity contribution in [2.24, 2.45) is 0 Å². The van der Waals surface area contributed by atoms with Gasteiger partial charge >= 0.3 is 0 Å². The number of rotatable bonds is 8. The molecule has 29 heavy (non-hydrogen) atoms. The van der Waals surface area contributed by atoms with Crippen LogP contribution in [0.15, 0.2) is 48.5 Å². The Morgan fingerprint density at radius 2 is 1.79 bits per heavy atom. The maximum absolute atomic E-state index is 12.9. The number of anilines is 1. The lowest BCUT2D eigenvalue weighted by molar-refractivity contribution is -0.306. The third kappa shape index (κ3) is 4.32. The molecule has 2 aromatic carbocycles. The van der Waals surface area contributed by atoms with E-state index in [9.17, 15) is 14.7 Å². The minimum atomic E-state index is -1.29. The normalized spacial score (nSPS) is 16.3. The molecule has 1 heterocycles. The minimum Gasteiger partial charge on any atom is -0.550 e. The number of carboxylic acid groups (broad SMARTS) is 1. The van der Waals surface area contributed by atoms with E-state index >= 15 is 0 Å². The van der Waals surface area contributed by atoms with Crippen molar-refractivity contribution in [2.75, 3.05) is 25.7 Å². The Bertz CT molecular complexity index is 919. The summed E-state index contributed by atoms with van der Waals surface area (Å²) >= 11 is 5.53. The Morgan fingerprint density at radius 1 is 1.10 bits per heavy atom. The highest BCUT2D eigenvalue weighted by Crippen LogP contribution is 2.29. The number of carbonyl (C=O) groups excluding carboxylic acids is 2. The lowest BCUT2D eigenvalue weighted by atomic mass is 10.1. The summed E-state index contributed by atoms with van der Waals surface area (Å²) in [6, 6.07) is 13.6. The number of benzene rings is 2. The largest absolute Gasteiger partial charge is 0.550 e. The van der Waals surface area contributed by atoms with Gasteiger partial charge in [0.1, 0.15) is 6.04 Å². The summed E-state index contributed by atoms with van der Waals surface area (Å²) in [4.78, 5) is 27.2. The molecule has 2 aromatic rings. The minimum absolute atomic E-state index is 0.285. The second-order valence-corrected chi connectivity index (χ2v) is 6.88. The van der Waals surface area contributed by atoms with Gasteiger partial charge in [0, 0.05) is 18.9 Å². The highest BCUT2D eigenvalue weighted by Gasteiger charge is 2.42. The van der Waals surface area contributed by atoms with Crippen LogP contribution in [0, 0.1) is 0 Å². The summed E-state index contributed by atoms with van der Waals surface area (Å²) in [5, 5.41) is 11.5. The topological polar surface area (TPSA) is 82.1 Å². The smallest absolute Gasteiger partial charge is 0.256 e.